The van der Waals surface area contributed by atoms with E-state index in [9.17, 15) is 0 Å². The predicted molar refractivity (Wildman–Crippen MR) is 73.8 cm³/mol. The van der Waals surface area contributed by atoms with Crippen LogP contribution >= 0.6 is 34.4 Å². The Bertz CT molecular complexity index is 376. The molecule has 1 spiro atoms. The van der Waals surface area contributed by atoms with Gasteiger partial charge in [-0.2, -0.15) is 16.9 Å². The Morgan fingerprint density at radius 2 is 2.56 bits per heavy atom. The Labute approximate surface area is 113 Å². The van der Waals surface area contributed by atoms with Crippen LogP contribution in [0.3, 0.4) is 0 Å². The molecule has 0 bridgehead atoms. The van der Waals surface area contributed by atoms with E-state index in [1.807, 2.05) is 18.0 Å². The topological polar surface area (TPSA) is 27.1 Å². The molecule has 2 saturated heterocycles. The van der Waals surface area contributed by atoms with Gasteiger partial charge in [-0.3, -0.25) is 4.68 Å². The molecule has 0 aromatic carbocycles. The Hall–Kier alpha value is 0.250. The minimum Gasteiger partial charge on any atom is -0.374 e. The number of thioether (sulfide) groups is 1. The predicted octanol–water partition coefficient (Wildman–Crippen LogP) is 2.71. The molecule has 3 heterocycles. The molecule has 0 radical (unpaired) electrons. The maximum absolute atomic E-state index is 6.02. The molecule has 1 aromatic rings. The summed E-state index contributed by atoms with van der Waals surface area (Å²) >= 11 is 4.34. The molecule has 3 rings (SSSR count). The lowest BCUT2D eigenvalue weighted by Crippen LogP contribution is -2.40. The summed E-state index contributed by atoms with van der Waals surface area (Å²) in [5, 5.41) is 4.44. The van der Waals surface area contributed by atoms with Gasteiger partial charge in [-0.25, -0.2) is 0 Å². The Morgan fingerprint density at radius 1 is 1.62 bits per heavy atom. The molecule has 0 saturated carbocycles. The van der Waals surface area contributed by atoms with Gasteiger partial charge in [0.25, 0.3) is 0 Å². The smallest absolute Gasteiger partial charge is 0.0800 e. The fraction of sp³-hybridized carbons (Fsp3) is 0.727. The molecule has 2 aliphatic heterocycles. The van der Waals surface area contributed by atoms with Crippen LogP contribution in [0, 0.1) is 3.57 Å². The van der Waals surface area contributed by atoms with E-state index >= 15 is 0 Å². The highest BCUT2D eigenvalue weighted by atomic mass is 127. The highest BCUT2D eigenvalue weighted by Gasteiger charge is 2.41. The molecule has 0 amide bonds. The van der Waals surface area contributed by atoms with Gasteiger partial charge < -0.3 is 4.74 Å². The van der Waals surface area contributed by atoms with Crippen molar-refractivity contribution in [2.75, 3.05) is 18.1 Å². The van der Waals surface area contributed by atoms with Gasteiger partial charge in [-0.15, -0.1) is 0 Å². The second kappa shape index (κ2) is 4.49. The third-order valence-corrected chi connectivity index (χ3v) is 5.26. The Kier molecular flexibility index (Phi) is 3.19. The summed E-state index contributed by atoms with van der Waals surface area (Å²) in [6, 6.07) is 0.538. The molecule has 0 N–H and O–H groups in total. The first-order chi connectivity index (χ1) is 7.77. The number of ether oxygens (including phenoxy) is 1. The number of hydrogen-bond donors (Lipinski definition) is 0. The zero-order valence-electron chi connectivity index (χ0n) is 9.06. The number of halogens is 1. The van der Waals surface area contributed by atoms with Crippen LogP contribution in [0.4, 0.5) is 0 Å². The average Bonchev–Trinajstić information content (AvgIpc) is 2.89. The monoisotopic (exact) mass is 350 g/mol. The van der Waals surface area contributed by atoms with Crippen LogP contribution in [0.1, 0.15) is 25.3 Å². The normalized spacial score (nSPS) is 34.7. The van der Waals surface area contributed by atoms with Crippen LogP contribution in [-0.4, -0.2) is 33.5 Å². The lowest BCUT2D eigenvalue weighted by Gasteiger charge is -2.37. The molecule has 16 heavy (non-hydrogen) atoms. The van der Waals surface area contributed by atoms with Crippen molar-refractivity contribution in [1.82, 2.24) is 9.78 Å². The molecule has 2 aliphatic rings. The minimum atomic E-state index is 0.158. The van der Waals surface area contributed by atoms with Gasteiger partial charge in [0.2, 0.25) is 0 Å². The van der Waals surface area contributed by atoms with Crippen molar-refractivity contribution in [2.45, 2.75) is 30.9 Å². The van der Waals surface area contributed by atoms with E-state index in [0.29, 0.717) is 6.04 Å². The molecule has 88 valence electrons. The fourth-order valence-corrected chi connectivity index (χ4v) is 4.39. The highest BCUT2D eigenvalue weighted by Crippen LogP contribution is 2.41. The summed E-state index contributed by atoms with van der Waals surface area (Å²) in [4.78, 5) is 0. The number of rotatable bonds is 1. The zero-order valence-corrected chi connectivity index (χ0v) is 12.0. The highest BCUT2D eigenvalue weighted by molar-refractivity contribution is 14.1. The molecular formula is C11H15IN2OS. The molecule has 0 aliphatic carbocycles. The van der Waals surface area contributed by atoms with Crippen LogP contribution in [0.2, 0.25) is 0 Å². The van der Waals surface area contributed by atoms with Crippen molar-refractivity contribution >= 4 is 34.4 Å². The quantitative estimate of drug-likeness (QED) is 0.729. The van der Waals surface area contributed by atoms with E-state index in [1.165, 1.54) is 21.5 Å². The fourth-order valence-electron chi connectivity index (χ4n) is 2.61. The van der Waals surface area contributed by atoms with Crippen molar-refractivity contribution in [3.05, 3.63) is 16.0 Å². The van der Waals surface area contributed by atoms with Crippen LogP contribution < -0.4 is 0 Å². The standard InChI is InChI=1S/C11H15IN2OS/c12-9-6-13-14(7-9)10-1-3-15-11(5-10)2-4-16-8-11/h6-7,10H,1-5,8H2. The molecule has 1 aromatic heterocycles. The van der Waals surface area contributed by atoms with E-state index in [0.717, 1.165) is 19.4 Å². The summed E-state index contributed by atoms with van der Waals surface area (Å²) in [5.74, 6) is 2.42. The van der Waals surface area contributed by atoms with Gasteiger partial charge in [0.1, 0.15) is 0 Å². The minimum absolute atomic E-state index is 0.158. The number of nitrogens with zero attached hydrogens (tertiary/aromatic N) is 2. The zero-order chi connectivity index (χ0) is 11.0. The van der Waals surface area contributed by atoms with Gasteiger partial charge in [0.05, 0.1) is 21.4 Å². The van der Waals surface area contributed by atoms with Crippen molar-refractivity contribution in [1.29, 1.82) is 0 Å². The Morgan fingerprint density at radius 3 is 3.25 bits per heavy atom. The molecule has 3 nitrogen and oxygen atoms in total. The van der Waals surface area contributed by atoms with Gasteiger partial charge in [0, 0.05) is 18.6 Å². The third-order valence-electron chi connectivity index (χ3n) is 3.48. The summed E-state index contributed by atoms with van der Waals surface area (Å²) in [5.41, 5.74) is 0.158. The van der Waals surface area contributed by atoms with Gasteiger partial charge in [-0.1, -0.05) is 0 Å². The van der Waals surface area contributed by atoms with E-state index in [1.54, 1.807) is 0 Å². The summed E-state index contributed by atoms with van der Waals surface area (Å²) < 4.78 is 9.38. The summed E-state index contributed by atoms with van der Waals surface area (Å²) in [6.45, 7) is 0.891. The van der Waals surface area contributed by atoms with E-state index in [-0.39, 0.29) is 5.60 Å². The van der Waals surface area contributed by atoms with Crippen molar-refractivity contribution in [2.24, 2.45) is 0 Å². The molecule has 2 fully saturated rings. The van der Waals surface area contributed by atoms with Crippen LogP contribution in [-0.2, 0) is 4.74 Å². The van der Waals surface area contributed by atoms with E-state index < -0.39 is 0 Å². The first kappa shape index (κ1) is 11.3. The van der Waals surface area contributed by atoms with Crippen LogP contribution in [0.15, 0.2) is 12.4 Å². The second-order valence-corrected chi connectivity index (χ2v) is 6.97. The lowest BCUT2D eigenvalue weighted by atomic mass is 9.90. The second-order valence-electron chi connectivity index (χ2n) is 4.62. The maximum Gasteiger partial charge on any atom is 0.0800 e. The van der Waals surface area contributed by atoms with Crippen molar-refractivity contribution in [3.8, 4) is 0 Å². The van der Waals surface area contributed by atoms with Crippen molar-refractivity contribution < 1.29 is 4.74 Å². The lowest BCUT2D eigenvalue weighted by molar-refractivity contribution is -0.0778. The van der Waals surface area contributed by atoms with Crippen LogP contribution in [0.25, 0.3) is 0 Å². The first-order valence-corrected chi connectivity index (χ1v) is 7.92. The summed E-state index contributed by atoms with van der Waals surface area (Å²) in [6.07, 6.45) is 7.53. The third kappa shape index (κ3) is 2.13. The molecule has 5 heteroatoms. The SMILES string of the molecule is Ic1cnn(C2CCOC3(CCSC3)C2)c1. The molecular weight excluding hydrogens is 335 g/mol. The van der Waals surface area contributed by atoms with Gasteiger partial charge >= 0.3 is 0 Å². The Balaban J connectivity index is 1.77. The van der Waals surface area contributed by atoms with E-state index in [4.69, 9.17) is 4.74 Å². The molecule has 2 atom stereocenters. The number of aromatic nitrogens is 2. The number of hydrogen-bond acceptors (Lipinski definition) is 3. The maximum atomic E-state index is 6.02. The van der Waals surface area contributed by atoms with Gasteiger partial charge in [0.15, 0.2) is 0 Å². The van der Waals surface area contributed by atoms with Gasteiger partial charge in [-0.05, 0) is 47.6 Å². The summed E-state index contributed by atoms with van der Waals surface area (Å²) in [7, 11) is 0. The average molecular weight is 350 g/mol. The van der Waals surface area contributed by atoms with Crippen molar-refractivity contribution in [3.63, 3.8) is 0 Å². The molecule has 2 unspecified atom stereocenters. The first-order valence-electron chi connectivity index (χ1n) is 5.69. The largest absolute Gasteiger partial charge is 0.374 e. The van der Waals surface area contributed by atoms with Crippen LogP contribution in [0.5, 0.6) is 0 Å². The van der Waals surface area contributed by atoms with E-state index in [2.05, 4.69) is 38.6 Å².